The molecule has 0 atom stereocenters. The highest BCUT2D eigenvalue weighted by atomic mass is 16.6. The number of hydrogen-bond donors (Lipinski definition) is 1. The quantitative estimate of drug-likeness (QED) is 0.136. The van der Waals surface area contributed by atoms with E-state index in [9.17, 15) is 25.0 Å². The molecule has 0 saturated heterocycles. The normalized spacial score (nSPS) is 10.4. The summed E-state index contributed by atoms with van der Waals surface area (Å²) in [7, 11) is 0. The largest absolute Gasteiger partial charge is 0.460 e. The fourth-order valence-electron chi connectivity index (χ4n) is 2.05. The Morgan fingerprint density at radius 1 is 0.967 bits per heavy atom. The number of carbonyl (C=O) groups is 1. The smallest absolute Gasteiger partial charge is 0.333 e. The lowest BCUT2D eigenvalue weighted by Crippen LogP contribution is -2.15. The van der Waals surface area contributed by atoms with Crippen molar-refractivity contribution in [1.82, 2.24) is 0 Å². The van der Waals surface area contributed by atoms with Gasteiger partial charge in [-0.1, -0.05) is 6.58 Å². The number of nitro groups is 2. The molecule has 0 saturated carbocycles. The number of hydrogen-bond acceptors (Lipinski definition) is 10. The Morgan fingerprint density at radius 2 is 1.53 bits per heavy atom. The first-order valence-electron chi connectivity index (χ1n) is 9.05. The van der Waals surface area contributed by atoms with Crippen molar-refractivity contribution in [2.75, 3.05) is 58.1 Å². The van der Waals surface area contributed by atoms with E-state index < -0.39 is 15.8 Å². The summed E-state index contributed by atoms with van der Waals surface area (Å²) in [6.07, 6.45) is 0. The summed E-state index contributed by atoms with van der Waals surface area (Å²) < 4.78 is 20.7. The van der Waals surface area contributed by atoms with E-state index in [4.69, 9.17) is 18.9 Å². The Morgan fingerprint density at radius 3 is 2.07 bits per heavy atom. The molecule has 0 aliphatic carbocycles. The lowest BCUT2D eigenvalue weighted by molar-refractivity contribution is -0.393. The van der Waals surface area contributed by atoms with Gasteiger partial charge >= 0.3 is 5.97 Å². The first kappa shape index (κ1) is 24.9. The maximum atomic E-state index is 11.1. The molecule has 1 rings (SSSR count). The molecule has 12 heteroatoms. The topological polar surface area (TPSA) is 152 Å². The summed E-state index contributed by atoms with van der Waals surface area (Å²) in [4.78, 5) is 31.5. The van der Waals surface area contributed by atoms with E-state index in [1.807, 2.05) is 0 Å². The summed E-state index contributed by atoms with van der Waals surface area (Å²) in [6.45, 7) is 7.34. The van der Waals surface area contributed by atoms with E-state index in [1.165, 1.54) is 12.1 Å². The number of nitrogens with zero attached hydrogens (tertiary/aromatic N) is 2. The molecule has 0 fully saturated rings. The number of non-ortho nitro benzene ring substituents is 1. The van der Waals surface area contributed by atoms with Gasteiger partial charge in [0.1, 0.15) is 12.3 Å². The first-order chi connectivity index (χ1) is 14.3. The summed E-state index contributed by atoms with van der Waals surface area (Å²) >= 11 is 0. The Bertz CT molecular complexity index is 740. The van der Waals surface area contributed by atoms with Gasteiger partial charge in [0.2, 0.25) is 0 Å². The van der Waals surface area contributed by atoms with Crippen LogP contribution >= 0.6 is 0 Å². The maximum absolute atomic E-state index is 11.1. The second-order valence-electron chi connectivity index (χ2n) is 5.90. The van der Waals surface area contributed by atoms with Crippen molar-refractivity contribution >= 4 is 23.0 Å². The lowest BCUT2D eigenvalue weighted by atomic mass is 10.2. The zero-order valence-electron chi connectivity index (χ0n) is 16.7. The molecule has 1 N–H and O–H groups in total. The lowest BCUT2D eigenvalue weighted by Gasteiger charge is -2.09. The van der Waals surface area contributed by atoms with E-state index in [-0.39, 0.29) is 43.4 Å². The van der Waals surface area contributed by atoms with Crippen LogP contribution in [0.1, 0.15) is 6.92 Å². The fourth-order valence-corrected chi connectivity index (χ4v) is 2.05. The molecule has 0 aromatic heterocycles. The molecule has 0 unspecified atom stereocenters. The number of carbonyl (C=O) groups excluding carboxylic acids is 1. The predicted octanol–water partition coefficient (Wildman–Crippen LogP) is 2.08. The van der Waals surface area contributed by atoms with Crippen LogP contribution < -0.4 is 5.32 Å². The van der Waals surface area contributed by atoms with Gasteiger partial charge in [-0.3, -0.25) is 20.2 Å². The fraction of sp³-hybridized carbons (Fsp3) is 0.500. The van der Waals surface area contributed by atoms with E-state index in [0.29, 0.717) is 32.0 Å². The van der Waals surface area contributed by atoms with Crippen LogP contribution in [0.25, 0.3) is 0 Å². The SMILES string of the molecule is C=C(C)C(=O)OCCOCCOCCOCCNc1ccc([N+](=O)[O-])cc1[N+](=O)[O-]. The Hall–Kier alpha value is -3.09. The average Bonchev–Trinajstić information content (AvgIpc) is 2.70. The summed E-state index contributed by atoms with van der Waals surface area (Å²) in [5, 5.41) is 24.6. The molecular formula is C18H25N3O9. The van der Waals surface area contributed by atoms with Gasteiger partial charge in [0.05, 0.1) is 55.6 Å². The van der Waals surface area contributed by atoms with Crippen molar-refractivity contribution in [3.63, 3.8) is 0 Å². The van der Waals surface area contributed by atoms with Gasteiger partial charge in [-0.05, 0) is 13.0 Å². The van der Waals surface area contributed by atoms with Crippen LogP contribution in [0.4, 0.5) is 17.1 Å². The third-order valence-electron chi connectivity index (χ3n) is 3.50. The molecule has 166 valence electrons. The minimum Gasteiger partial charge on any atom is -0.460 e. The number of nitro benzene ring substituents is 2. The highest BCUT2D eigenvalue weighted by Crippen LogP contribution is 2.28. The Kier molecular flexibility index (Phi) is 11.6. The van der Waals surface area contributed by atoms with E-state index in [1.54, 1.807) is 6.92 Å². The molecule has 0 amide bonds. The van der Waals surface area contributed by atoms with Crippen LogP contribution in [0.15, 0.2) is 30.4 Å². The molecule has 0 bridgehead atoms. The third kappa shape index (κ3) is 9.91. The highest BCUT2D eigenvalue weighted by molar-refractivity contribution is 5.86. The van der Waals surface area contributed by atoms with E-state index >= 15 is 0 Å². The minimum absolute atomic E-state index is 0.148. The molecule has 0 aliphatic rings. The molecule has 12 nitrogen and oxygen atoms in total. The van der Waals surface area contributed by atoms with Gasteiger partial charge in [-0.15, -0.1) is 0 Å². The van der Waals surface area contributed by atoms with Crippen molar-refractivity contribution in [2.45, 2.75) is 6.92 Å². The molecule has 1 aromatic carbocycles. The van der Waals surface area contributed by atoms with Crippen molar-refractivity contribution in [2.24, 2.45) is 0 Å². The Labute approximate surface area is 173 Å². The summed E-state index contributed by atoms with van der Waals surface area (Å²) in [5.74, 6) is -0.454. The van der Waals surface area contributed by atoms with Gasteiger partial charge in [0, 0.05) is 18.2 Å². The van der Waals surface area contributed by atoms with Crippen LogP contribution in [0.3, 0.4) is 0 Å². The molecule has 0 heterocycles. The van der Waals surface area contributed by atoms with Crippen molar-refractivity contribution in [3.05, 3.63) is 50.6 Å². The van der Waals surface area contributed by atoms with Crippen molar-refractivity contribution in [3.8, 4) is 0 Å². The van der Waals surface area contributed by atoms with Gasteiger partial charge in [-0.25, -0.2) is 4.79 Å². The highest BCUT2D eigenvalue weighted by Gasteiger charge is 2.18. The number of rotatable bonds is 16. The minimum atomic E-state index is -0.691. The van der Waals surface area contributed by atoms with Gasteiger partial charge < -0.3 is 24.3 Å². The zero-order chi connectivity index (χ0) is 22.4. The first-order valence-corrected chi connectivity index (χ1v) is 9.05. The Balaban J connectivity index is 2.06. The zero-order valence-corrected chi connectivity index (χ0v) is 16.7. The number of benzene rings is 1. The molecular weight excluding hydrogens is 402 g/mol. The van der Waals surface area contributed by atoms with Crippen LogP contribution in [0, 0.1) is 20.2 Å². The van der Waals surface area contributed by atoms with E-state index in [2.05, 4.69) is 11.9 Å². The van der Waals surface area contributed by atoms with Crippen LogP contribution in [0.2, 0.25) is 0 Å². The molecule has 0 aliphatic heterocycles. The summed E-state index contributed by atoms with van der Waals surface area (Å²) in [6, 6.07) is 3.39. The third-order valence-corrected chi connectivity index (χ3v) is 3.50. The number of nitrogens with one attached hydrogen (secondary N) is 1. The standard InChI is InChI=1S/C18H25N3O9/c1-14(2)18(22)30-12-11-29-10-9-28-8-7-27-6-5-19-16-4-3-15(20(23)24)13-17(16)21(25)26/h3-4,13,19H,1,5-12H2,2H3. The van der Waals surface area contributed by atoms with Crippen LogP contribution in [-0.4, -0.2) is 68.6 Å². The average molecular weight is 427 g/mol. The number of ether oxygens (including phenoxy) is 4. The van der Waals surface area contributed by atoms with Crippen LogP contribution in [-0.2, 0) is 23.7 Å². The van der Waals surface area contributed by atoms with Gasteiger partial charge in [-0.2, -0.15) is 0 Å². The van der Waals surface area contributed by atoms with E-state index in [0.717, 1.165) is 6.07 Å². The van der Waals surface area contributed by atoms with Crippen molar-refractivity contribution < 1.29 is 33.6 Å². The number of esters is 1. The molecule has 0 spiro atoms. The second kappa shape index (κ2) is 14.0. The molecule has 1 aromatic rings. The van der Waals surface area contributed by atoms with Gasteiger partial charge in [0.25, 0.3) is 11.4 Å². The monoisotopic (exact) mass is 427 g/mol. The summed E-state index contributed by atoms with van der Waals surface area (Å²) in [5.41, 5.74) is -0.213. The second-order valence-corrected chi connectivity index (χ2v) is 5.90. The predicted molar refractivity (Wildman–Crippen MR) is 106 cm³/mol. The van der Waals surface area contributed by atoms with Gasteiger partial charge in [0.15, 0.2) is 0 Å². The maximum Gasteiger partial charge on any atom is 0.333 e. The van der Waals surface area contributed by atoms with Crippen molar-refractivity contribution in [1.29, 1.82) is 0 Å². The molecule has 30 heavy (non-hydrogen) atoms. The number of anilines is 1. The van der Waals surface area contributed by atoms with Crippen LogP contribution in [0.5, 0.6) is 0 Å². The molecule has 0 radical (unpaired) electrons.